The van der Waals surface area contributed by atoms with Crippen molar-refractivity contribution in [3.8, 4) is 5.75 Å². The molecule has 0 bridgehead atoms. The Balaban J connectivity index is 1.46. The van der Waals surface area contributed by atoms with Crippen molar-refractivity contribution in [3.05, 3.63) is 76.5 Å². The number of ether oxygens (including phenoxy) is 1. The topological polar surface area (TPSA) is 58.6 Å². The van der Waals surface area contributed by atoms with E-state index in [1.807, 2.05) is 70.9 Å². The minimum absolute atomic E-state index is 0.0366. The molecule has 1 N–H and O–H groups in total. The standard InChI is InChI=1S/C22H20N2O3S2/c1-27-18-10-8-17(9-11-18)24-21(26)14-29-22(24)15-4-6-16(7-5-15)23-20(25)13-19-3-2-12-28-19/h2-12,22H,13-14H2,1H3,(H,23,25). The molecule has 1 atom stereocenters. The maximum Gasteiger partial charge on any atom is 0.238 e. The van der Waals surface area contributed by atoms with E-state index in [2.05, 4.69) is 5.32 Å². The minimum Gasteiger partial charge on any atom is -0.497 e. The molecule has 148 valence electrons. The third-order valence-electron chi connectivity index (χ3n) is 4.61. The first-order chi connectivity index (χ1) is 14.1. The summed E-state index contributed by atoms with van der Waals surface area (Å²) in [5.74, 6) is 1.24. The monoisotopic (exact) mass is 424 g/mol. The molecule has 0 spiro atoms. The highest BCUT2D eigenvalue weighted by molar-refractivity contribution is 8.00. The molecular weight excluding hydrogens is 404 g/mol. The van der Waals surface area contributed by atoms with Crippen molar-refractivity contribution in [3.63, 3.8) is 0 Å². The number of benzene rings is 2. The molecule has 4 rings (SSSR count). The van der Waals surface area contributed by atoms with Crippen LogP contribution >= 0.6 is 23.1 Å². The van der Waals surface area contributed by atoms with E-state index in [0.717, 1.165) is 27.6 Å². The molecule has 0 saturated carbocycles. The molecule has 7 heteroatoms. The second kappa shape index (κ2) is 8.71. The second-order valence-corrected chi connectivity index (χ2v) is 8.65. The smallest absolute Gasteiger partial charge is 0.238 e. The van der Waals surface area contributed by atoms with Crippen LogP contribution in [0, 0.1) is 0 Å². The Bertz CT molecular complexity index is 986. The average molecular weight is 425 g/mol. The van der Waals surface area contributed by atoms with Crippen molar-refractivity contribution >= 4 is 46.3 Å². The third kappa shape index (κ3) is 4.46. The Morgan fingerprint density at radius 2 is 1.90 bits per heavy atom. The van der Waals surface area contributed by atoms with E-state index >= 15 is 0 Å². The van der Waals surface area contributed by atoms with Crippen LogP contribution in [0.25, 0.3) is 0 Å². The zero-order valence-corrected chi connectivity index (χ0v) is 17.5. The van der Waals surface area contributed by atoms with Gasteiger partial charge in [0.1, 0.15) is 11.1 Å². The van der Waals surface area contributed by atoms with Gasteiger partial charge in [0.25, 0.3) is 0 Å². The van der Waals surface area contributed by atoms with Gasteiger partial charge in [0.15, 0.2) is 0 Å². The SMILES string of the molecule is COc1ccc(N2C(=O)CSC2c2ccc(NC(=O)Cc3cccs3)cc2)cc1. The second-order valence-electron chi connectivity index (χ2n) is 6.55. The molecule has 3 aromatic rings. The van der Waals surface area contributed by atoms with Crippen molar-refractivity contribution < 1.29 is 14.3 Å². The van der Waals surface area contributed by atoms with Crippen LogP contribution in [-0.2, 0) is 16.0 Å². The zero-order chi connectivity index (χ0) is 20.2. The molecule has 0 aliphatic carbocycles. The summed E-state index contributed by atoms with van der Waals surface area (Å²) in [6.07, 6.45) is 0.373. The van der Waals surface area contributed by atoms with E-state index in [-0.39, 0.29) is 17.2 Å². The number of thioether (sulfide) groups is 1. The van der Waals surface area contributed by atoms with Crippen LogP contribution in [0.2, 0.25) is 0 Å². The molecule has 1 aromatic heterocycles. The molecule has 1 saturated heterocycles. The highest BCUT2D eigenvalue weighted by atomic mass is 32.2. The predicted molar refractivity (Wildman–Crippen MR) is 119 cm³/mol. The Morgan fingerprint density at radius 3 is 2.55 bits per heavy atom. The maximum atomic E-state index is 12.5. The van der Waals surface area contributed by atoms with Gasteiger partial charge in [-0.3, -0.25) is 14.5 Å². The molecule has 0 radical (unpaired) electrons. The van der Waals surface area contributed by atoms with Gasteiger partial charge in [0.2, 0.25) is 11.8 Å². The fourth-order valence-electron chi connectivity index (χ4n) is 3.20. The Labute approximate surface area is 177 Å². The van der Waals surface area contributed by atoms with Gasteiger partial charge in [0.05, 0.1) is 19.3 Å². The van der Waals surface area contributed by atoms with E-state index < -0.39 is 0 Å². The van der Waals surface area contributed by atoms with Gasteiger partial charge in [-0.15, -0.1) is 23.1 Å². The largest absolute Gasteiger partial charge is 0.497 e. The number of rotatable bonds is 6. The fourth-order valence-corrected chi connectivity index (χ4v) is 5.08. The van der Waals surface area contributed by atoms with Crippen LogP contribution in [-0.4, -0.2) is 24.7 Å². The van der Waals surface area contributed by atoms with Crippen LogP contribution in [0.3, 0.4) is 0 Å². The highest BCUT2D eigenvalue weighted by Gasteiger charge is 2.34. The average Bonchev–Trinajstić information content (AvgIpc) is 3.38. The van der Waals surface area contributed by atoms with Crippen LogP contribution in [0.1, 0.15) is 15.8 Å². The summed E-state index contributed by atoms with van der Waals surface area (Å²) in [7, 11) is 1.62. The van der Waals surface area contributed by atoms with Crippen LogP contribution in [0.15, 0.2) is 66.0 Å². The number of nitrogens with one attached hydrogen (secondary N) is 1. The number of anilines is 2. The molecule has 29 heavy (non-hydrogen) atoms. The lowest BCUT2D eigenvalue weighted by Crippen LogP contribution is -2.27. The number of hydrogen-bond acceptors (Lipinski definition) is 5. The molecule has 2 aromatic carbocycles. The molecular formula is C22H20N2O3S2. The van der Waals surface area contributed by atoms with E-state index in [9.17, 15) is 9.59 Å². The maximum absolute atomic E-state index is 12.5. The third-order valence-corrected chi connectivity index (χ3v) is 6.70. The first-order valence-corrected chi connectivity index (χ1v) is 11.1. The lowest BCUT2D eigenvalue weighted by molar-refractivity contribution is -0.116. The summed E-state index contributed by atoms with van der Waals surface area (Å²) in [4.78, 5) is 27.5. The van der Waals surface area contributed by atoms with Gasteiger partial charge < -0.3 is 10.1 Å². The van der Waals surface area contributed by atoms with Crippen LogP contribution < -0.4 is 15.0 Å². The fraction of sp³-hybridized carbons (Fsp3) is 0.182. The van der Waals surface area contributed by atoms with Gasteiger partial charge in [-0.1, -0.05) is 18.2 Å². The van der Waals surface area contributed by atoms with Crippen LogP contribution in [0.4, 0.5) is 11.4 Å². The Morgan fingerprint density at radius 1 is 1.14 bits per heavy atom. The molecule has 2 heterocycles. The summed E-state index contributed by atoms with van der Waals surface area (Å²) in [5, 5.41) is 4.80. The summed E-state index contributed by atoms with van der Waals surface area (Å²) in [6, 6.07) is 19.1. The number of methoxy groups -OCH3 is 1. The van der Waals surface area contributed by atoms with Gasteiger partial charge in [0, 0.05) is 16.3 Å². The lowest BCUT2D eigenvalue weighted by Gasteiger charge is -2.24. The predicted octanol–water partition coefficient (Wildman–Crippen LogP) is 4.72. The van der Waals surface area contributed by atoms with Gasteiger partial charge >= 0.3 is 0 Å². The molecule has 1 aliphatic heterocycles. The number of nitrogens with zero attached hydrogens (tertiary/aromatic N) is 1. The van der Waals surface area contributed by atoms with Gasteiger partial charge in [-0.25, -0.2) is 0 Å². The number of thiophene rings is 1. The number of carbonyl (C=O) groups excluding carboxylic acids is 2. The van der Waals surface area contributed by atoms with Crippen LogP contribution in [0.5, 0.6) is 5.75 Å². The Hall–Kier alpha value is -2.77. The van der Waals surface area contributed by atoms with Crippen molar-refractivity contribution in [1.29, 1.82) is 0 Å². The van der Waals surface area contributed by atoms with Crippen molar-refractivity contribution in [2.75, 3.05) is 23.1 Å². The first-order valence-electron chi connectivity index (χ1n) is 9.14. The molecule has 2 amide bonds. The summed E-state index contributed by atoms with van der Waals surface area (Å²) in [6.45, 7) is 0. The Kier molecular flexibility index (Phi) is 5.87. The zero-order valence-electron chi connectivity index (χ0n) is 15.8. The first kappa shape index (κ1) is 19.5. The van der Waals surface area contributed by atoms with Crippen molar-refractivity contribution in [1.82, 2.24) is 0 Å². The molecule has 1 aliphatic rings. The van der Waals surface area contributed by atoms with Crippen molar-refractivity contribution in [2.45, 2.75) is 11.8 Å². The number of amides is 2. The van der Waals surface area contributed by atoms with E-state index in [0.29, 0.717) is 12.2 Å². The highest BCUT2D eigenvalue weighted by Crippen LogP contribution is 2.42. The molecule has 1 fully saturated rings. The van der Waals surface area contributed by atoms with Crippen molar-refractivity contribution in [2.24, 2.45) is 0 Å². The summed E-state index contributed by atoms with van der Waals surface area (Å²) >= 11 is 3.17. The molecule has 5 nitrogen and oxygen atoms in total. The number of carbonyl (C=O) groups is 2. The summed E-state index contributed by atoms with van der Waals surface area (Å²) in [5.41, 5.74) is 2.62. The minimum atomic E-state index is -0.0910. The van der Waals surface area contributed by atoms with E-state index in [4.69, 9.17) is 4.74 Å². The quantitative estimate of drug-likeness (QED) is 0.622. The molecule has 1 unspecified atom stereocenters. The van der Waals surface area contributed by atoms with E-state index in [1.54, 1.807) is 30.2 Å². The van der Waals surface area contributed by atoms with Gasteiger partial charge in [-0.2, -0.15) is 0 Å². The normalized spacial score (nSPS) is 16.1. The van der Waals surface area contributed by atoms with Gasteiger partial charge in [-0.05, 0) is 53.4 Å². The lowest BCUT2D eigenvalue weighted by atomic mass is 10.1. The van der Waals surface area contributed by atoms with E-state index in [1.165, 1.54) is 0 Å². The summed E-state index contributed by atoms with van der Waals surface area (Å²) < 4.78 is 5.21. The number of hydrogen-bond donors (Lipinski definition) is 1.